The van der Waals surface area contributed by atoms with Crippen molar-refractivity contribution in [3.05, 3.63) is 101 Å². The minimum Gasteiger partial charge on any atom is -0.444 e. The molecule has 0 aromatic heterocycles. The van der Waals surface area contributed by atoms with Gasteiger partial charge in [0.1, 0.15) is 11.4 Å². The van der Waals surface area contributed by atoms with Gasteiger partial charge in [-0.15, -0.1) is 0 Å². The van der Waals surface area contributed by atoms with Crippen LogP contribution in [0.5, 0.6) is 0 Å². The molecule has 1 aliphatic heterocycles. The Hall–Kier alpha value is -3.51. The van der Waals surface area contributed by atoms with Gasteiger partial charge in [0.2, 0.25) is 0 Å². The van der Waals surface area contributed by atoms with Crippen LogP contribution in [-0.2, 0) is 9.47 Å². The van der Waals surface area contributed by atoms with Crippen LogP contribution in [0.3, 0.4) is 0 Å². The molecule has 1 fully saturated rings. The first-order valence-electron chi connectivity index (χ1n) is 11.4. The predicted molar refractivity (Wildman–Crippen MR) is 131 cm³/mol. The number of hydrogen-bond acceptors (Lipinski definition) is 4. The van der Waals surface area contributed by atoms with Crippen molar-refractivity contribution < 1.29 is 18.7 Å². The molecule has 0 saturated carbocycles. The van der Waals surface area contributed by atoms with Gasteiger partial charge in [-0.3, -0.25) is 4.90 Å². The molecule has 3 aromatic rings. The SMILES string of the molecule is CC(C)(C)OC(=O)N1CCOCC1c1ccc(N=C(c2ccccc2)c2ccccc2)cc1F. The molecule has 1 aliphatic rings. The van der Waals surface area contributed by atoms with Crippen molar-refractivity contribution in [3.8, 4) is 0 Å². The Labute approximate surface area is 199 Å². The van der Waals surface area contributed by atoms with Crippen LogP contribution < -0.4 is 0 Å². The monoisotopic (exact) mass is 460 g/mol. The molecule has 1 unspecified atom stereocenters. The third-order valence-electron chi connectivity index (χ3n) is 5.43. The molecule has 5 nitrogen and oxygen atoms in total. The number of carbonyl (C=O) groups is 1. The molecular weight excluding hydrogens is 431 g/mol. The minimum absolute atomic E-state index is 0.206. The Kier molecular flexibility index (Phi) is 7.08. The van der Waals surface area contributed by atoms with Gasteiger partial charge in [-0.1, -0.05) is 66.7 Å². The Morgan fingerprint density at radius 3 is 2.18 bits per heavy atom. The van der Waals surface area contributed by atoms with E-state index in [0.29, 0.717) is 24.4 Å². The van der Waals surface area contributed by atoms with E-state index < -0.39 is 23.6 Å². The summed E-state index contributed by atoms with van der Waals surface area (Å²) in [4.78, 5) is 19.1. The fourth-order valence-corrected chi connectivity index (χ4v) is 3.87. The Bertz CT molecular complexity index is 1120. The smallest absolute Gasteiger partial charge is 0.410 e. The molecule has 176 valence electrons. The molecule has 1 heterocycles. The zero-order chi connectivity index (χ0) is 24.1. The molecule has 0 radical (unpaired) electrons. The lowest BCUT2D eigenvalue weighted by Gasteiger charge is -2.36. The topological polar surface area (TPSA) is 51.1 Å². The van der Waals surface area contributed by atoms with E-state index in [0.717, 1.165) is 16.8 Å². The molecule has 3 aromatic carbocycles. The highest BCUT2D eigenvalue weighted by molar-refractivity contribution is 6.13. The summed E-state index contributed by atoms with van der Waals surface area (Å²) >= 11 is 0. The third kappa shape index (κ3) is 5.69. The van der Waals surface area contributed by atoms with Crippen LogP contribution in [-0.4, -0.2) is 42.1 Å². The molecule has 0 spiro atoms. The van der Waals surface area contributed by atoms with Crippen LogP contribution in [0.25, 0.3) is 0 Å². The number of amides is 1. The summed E-state index contributed by atoms with van der Waals surface area (Å²) in [7, 11) is 0. The molecule has 1 saturated heterocycles. The van der Waals surface area contributed by atoms with E-state index >= 15 is 4.39 Å². The van der Waals surface area contributed by atoms with Crippen LogP contribution in [0.1, 0.15) is 43.5 Å². The normalized spacial score (nSPS) is 16.1. The molecule has 4 rings (SSSR count). The predicted octanol–water partition coefficient (Wildman–Crippen LogP) is 6.30. The summed E-state index contributed by atoms with van der Waals surface area (Å²) in [5, 5.41) is 0. The average molecular weight is 461 g/mol. The van der Waals surface area contributed by atoms with Crippen LogP contribution in [0.15, 0.2) is 83.9 Å². The summed E-state index contributed by atoms with van der Waals surface area (Å²) in [5.74, 6) is -0.439. The molecule has 0 bridgehead atoms. The lowest BCUT2D eigenvalue weighted by Crippen LogP contribution is -2.45. The minimum atomic E-state index is -0.637. The molecule has 1 amide bonds. The standard InChI is InChI=1S/C28H29FN2O3/c1-28(2,3)34-27(32)31-16-17-33-19-25(31)23-15-14-22(18-24(23)29)30-26(20-10-6-4-7-11-20)21-12-8-5-9-13-21/h4-15,18,25H,16-17,19H2,1-3H3. The quantitative estimate of drug-likeness (QED) is 0.429. The van der Waals surface area contributed by atoms with Crippen molar-refractivity contribution in [2.45, 2.75) is 32.4 Å². The first-order valence-corrected chi connectivity index (χ1v) is 11.4. The number of hydrogen-bond donors (Lipinski definition) is 0. The van der Waals surface area contributed by atoms with Gasteiger partial charge in [0.05, 0.1) is 30.7 Å². The summed E-state index contributed by atoms with van der Waals surface area (Å²) in [6, 6.07) is 23.9. The number of nitrogens with zero attached hydrogens (tertiary/aromatic N) is 2. The van der Waals surface area contributed by atoms with Gasteiger partial charge in [0.25, 0.3) is 0 Å². The second-order valence-corrected chi connectivity index (χ2v) is 9.16. The van der Waals surface area contributed by atoms with Crippen molar-refractivity contribution in [2.75, 3.05) is 19.8 Å². The van der Waals surface area contributed by atoms with Gasteiger partial charge in [-0.25, -0.2) is 14.2 Å². The largest absolute Gasteiger partial charge is 0.444 e. The second kappa shape index (κ2) is 10.2. The van der Waals surface area contributed by atoms with E-state index in [1.165, 1.54) is 11.0 Å². The number of rotatable bonds is 4. The van der Waals surface area contributed by atoms with E-state index in [2.05, 4.69) is 0 Å². The fourth-order valence-electron chi connectivity index (χ4n) is 3.87. The van der Waals surface area contributed by atoms with Gasteiger partial charge in [0.15, 0.2) is 0 Å². The van der Waals surface area contributed by atoms with Crippen molar-refractivity contribution in [1.29, 1.82) is 0 Å². The number of ether oxygens (including phenoxy) is 2. The Morgan fingerprint density at radius 2 is 1.62 bits per heavy atom. The highest BCUT2D eigenvalue weighted by Gasteiger charge is 2.33. The van der Waals surface area contributed by atoms with Crippen molar-refractivity contribution in [1.82, 2.24) is 4.90 Å². The molecule has 0 aliphatic carbocycles. The second-order valence-electron chi connectivity index (χ2n) is 9.16. The summed E-state index contributed by atoms with van der Waals surface area (Å²) in [5.41, 5.74) is 2.87. The summed E-state index contributed by atoms with van der Waals surface area (Å²) < 4.78 is 26.5. The van der Waals surface area contributed by atoms with E-state index in [4.69, 9.17) is 14.5 Å². The zero-order valence-electron chi connectivity index (χ0n) is 19.7. The Morgan fingerprint density at radius 1 is 1.00 bits per heavy atom. The number of halogens is 1. The highest BCUT2D eigenvalue weighted by atomic mass is 19.1. The zero-order valence-corrected chi connectivity index (χ0v) is 19.7. The van der Waals surface area contributed by atoms with Gasteiger partial charge in [-0.05, 0) is 32.9 Å². The third-order valence-corrected chi connectivity index (χ3v) is 5.43. The number of carbonyl (C=O) groups excluding carboxylic acids is 1. The van der Waals surface area contributed by atoms with Crippen molar-refractivity contribution >= 4 is 17.5 Å². The first kappa shape index (κ1) is 23.6. The van der Waals surface area contributed by atoms with Gasteiger partial charge in [0, 0.05) is 23.2 Å². The summed E-state index contributed by atoms with van der Waals surface area (Å²) in [6.07, 6.45) is -0.474. The Balaban J connectivity index is 1.67. The average Bonchev–Trinajstić information content (AvgIpc) is 2.83. The van der Waals surface area contributed by atoms with Gasteiger partial charge in [-0.2, -0.15) is 0 Å². The molecule has 6 heteroatoms. The maximum atomic E-state index is 15.4. The number of aliphatic imine (C=N–C) groups is 1. The lowest BCUT2D eigenvalue weighted by molar-refractivity contribution is -0.0338. The maximum Gasteiger partial charge on any atom is 0.410 e. The van der Waals surface area contributed by atoms with Crippen LogP contribution in [0.2, 0.25) is 0 Å². The van der Waals surface area contributed by atoms with Crippen LogP contribution in [0, 0.1) is 5.82 Å². The molecule has 0 N–H and O–H groups in total. The molecular formula is C28H29FN2O3. The first-order chi connectivity index (χ1) is 16.3. The number of benzene rings is 3. The van der Waals surface area contributed by atoms with Gasteiger partial charge < -0.3 is 9.47 Å². The van der Waals surface area contributed by atoms with Crippen LogP contribution in [0.4, 0.5) is 14.9 Å². The van der Waals surface area contributed by atoms with E-state index in [-0.39, 0.29) is 6.61 Å². The van der Waals surface area contributed by atoms with Crippen molar-refractivity contribution in [2.24, 2.45) is 4.99 Å². The molecule has 34 heavy (non-hydrogen) atoms. The maximum absolute atomic E-state index is 15.4. The van der Waals surface area contributed by atoms with Crippen molar-refractivity contribution in [3.63, 3.8) is 0 Å². The van der Waals surface area contributed by atoms with Crippen LogP contribution >= 0.6 is 0 Å². The van der Waals surface area contributed by atoms with E-state index in [1.807, 2.05) is 81.4 Å². The molecule has 1 atom stereocenters. The summed E-state index contributed by atoms with van der Waals surface area (Å²) in [6.45, 7) is 6.36. The lowest BCUT2D eigenvalue weighted by atomic mass is 10.0. The van der Waals surface area contributed by atoms with Gasteiger partial charge >= 0.3 is 6.09 Å². The fraction of sp³-hybridized carbons (Fsp3) is 0.286. The van der Waals surface area contributed by atoms with E-state index in [9.17, 15) is 4.79 Å². The number of morpholine rings is 1. The highest BCUT2D eigenvalue weighted by Crippen LogP contribution is 2.30. The van der Waals surface area contributed by atoms with E-state index in [1.54, 1.807) is 12.1 Å².